The molecule has 0 unspecified atom stereocenters. The lowest BCUT2D eigenvalue weighted by molar-refractivity contribution is 0.0772. The molecular weight excluding hydrogens is 222 g/mol. The molecule has 0 atom stereocenters. The number of carbonyl (C=O) groups excluding carboxylic acids is 1. The van der Waals surface area contributed by atoms with E-state index in [1.54, 1.807) is 10.9 Å². The molecule has 0 aromatic carbocycles. The van der Waals surface area contributed by atoms with Gasteiger partial charge < -0.3 is 4.74 Å². The van der Waals surface area contributed by atoms with Crippen LogP contribution in [-0.4, -0.2) is 35.5 Å². The van der Waals surface area contributed by atoms with Crippen molar-refractivity contribution in [2.24, 2.45) is 0 Å². The first kappa shape index (κ1) is 13.1. The van der Waals surface area contributed by atoms with E-state index in [0.29, 0.717) is 12.4 Å². The van der Waals surface area contributed by atoms with Crippen LogP contribution in [0.4, 0.5) is 0 Å². The molecule has 1 aromatic rings. The van der Waals surface area contributed by atoms with Crippen LogP contribution in [0.2, 0.25) is 25.7 Å². The van der Waals surface area contributed by atoms with Crippen LogP contribution in [0.1, 0.15) is 17.4 Å². The Morgan fingerprint density at radius 1 is 1.50 bits per heavy atom. The maximum absolute atomic E-state index is 11.0. The summed E-state index contributed by atoms with van der Waals surface area (Å²) < 4.78 is 7.02. The number of Topliss-reactive ketones (excluding diaryl/α,β-unsaturated/α-hetero) is 1. The predicted octanol–water partition coefficient (Wildman–Crippen LogP) is 1.79. The largest absolute Gasteiger partial charge is 0.359 e. The molecule has 0 radical (unpaired) electrons. The summed E-state index contributed by atoms with van der Waals surface area (Å²) >= 11 is 0. The zero-order chi connectivity index (χ0) is 12.2. The van der Waals surface area contributed by atoms with E-state index >= 15 is 0 Å². The second kappa shape index (κ2) is 5.36. The van der Waals surface area contributed by atoms with Crippen LogP contribution in [0, 0.1) is 0 Å². The average Bonchev–Trinajstić information content (AvgIpc) is 2.59. The molecule has 0 N–H and O–H groups in total. The number of ketones is 1. The maximum atomic E-state index is 11.0. The first-order chi connectivity index (χ1) is 7.38. The first-order valence-electron chi connectivity index (χ1n) is 5.37. The highest BCUT2D eigenvalue weighted by Crippen LogP contribution is 2.07. The van der Waals surface area contributed by atoms with Crippen LogP contribution in [0.3, 0.4) is 0 Å². The third-order valence-corrected chi connectivity index (χ3v) is 3.82. The minimum atomic E-state index is -1.03. The molecule has 16 heavy (non-hydrogen) atoms. The monoisotopic (exact) mass is 241 g/mol. The lowest BCUT2D eigenvalue weighted by Gasteiger charge is -2.15. The second-order valence-electron chi connectivity index (χ2n) is 5.05. The van der Waals surface area contributed by atoms with Crippen molar-refractivity contribution in [3.05, 3.63) is 11.9 Å². The van der Waals surface area contributed by atoms with E-state index in [0.717, 1.165) is 12.7 Å². The molecule has 0 saturated carbocycles. The first-order valence-corrected chi connectivity index (χ1v) is 9.08. The van der Waals surface area contributed by atoms with E-state index in [2.05, 4.69) is 30.0 Å². The van der Waals surface area contributed by atoms with Crippen molar-refractivity contribution in [3.8, 4) is 0 Å². The van der Waals surface area contributed by atoms with Crippen molar-refractivity contribution in [1.29, 1.82) is 0 Å². The van der Waals surface area contributed by atoms with Crippen LogP contribution >= 0.6 is 0 Å². The number of hydrogen-bond donors (Lipinski definition) is 0. The van der Waals surface area contributed by atoms with Gasteiger partial charge in [-0.25, -0.2) is 4.68 Å². The molecule has 1 rings (SSSR count). The molecule has 6 heteroatoms. The number of aromatic nitrogens is 3. The van der Waals surface area contributed by atoms with Crippen molar-refractivity contribution in [1.82, 2.24) is 15.0 Å². The smallest absolute Gasteiger partial charge is 0.181 e. The Morgan fingerprint density at radius 2 is 2.19 bits per heavy atom. The summed E-state index contributed by atoms with van der Waals surface area (Å²) in [5.41, 5.74) is 0.383. The molecule has 1 heterocycles. The lowest BCUT2D eigenvalue weighted by atomic mass is 10.3. The lowest BCUT2D eigenvalue weighted by Crippen LogP contribution is -2.22. The zero-order valence-corrected chi connectivity index (χ0v) is 11.4. The van der Waals surface area contributed by atoms with E-state index in [-0.39, 0.29) is 5.78 Å². The fourth-order valence-electron chi connectivity index (χ4n) is 1.06. The summed E-state index contributed by atoms with van der Waals surface area (Å²) in [5, 5.41) is 7.54. The van der Waals surface area contributed by atoms with Gasteiger partial charge in [-0.1, -0.05) is 24.9 Å². The normalized spacial score (nSPS) is 11.8. The van der Waals surface area contributed by atoms with Crippen LogP contribution in [-0.2, 0) is 11.5 Å². The van der Waals surface area contributed by atoms with Gasteiger partial charge in [0.25, 0.3) is 0 Å². The van der Waals surface area contributed by atoms with Gasteiger partial charge in [-0.15, -0.1) is 5.10 Å². The summed E-state index contributed by atoms with van der Waals surface area (Å²) in [6.07, 6.45) is 1.61. The summed E-state index contributed by atoms with van der Waals surface area (Å²) in [5.74, 6) is -0.0756. The van der Waals surface area contributed by atoms with E-state index < -0.39 is 8.07 Å². The molecule has 1 aromatic heterocycles. The summed E-state index contributed by atoms with van der Waals surface area (Å²) in [6, 6.07) is 1.13. The van der Waals surface area contributed by atoms with E-state index in [4.69, 9.17) is 4.74 Å². The number of rotatable bonds is 6. The van der Waals surface area contributed by atoms with Gasteiger partial charge in [0.05, 0.1) is 6.20 Å². The average molecular weight is 241 g/mol. The van der Waals surface area contributed by atoms with Crippen LogP contribution in [0.5, 0.6) is 0 Å². The van der Waals surface area contributed by atoms with Crippen LogP contribution < -0.4 is 0 Å². The Hall–Kier alpha value is -1.01. The Bertz CT molecular complexity index is 357. The van der Waals surface area contributed by atoms with Gasteiger partial charge in [0.15, 0.2) is 5.78 Å². The number of nitrogens with zero attached hydrogens (tertiary/aromatic N) is 3. The molecule has 0 bridgehead atoms. The molecule has 0 amide bonds. The maximum Gasteiger partial charge on any atom is 0.181 e. The predicted molar refractivity (Wildman–Crippen MR) is 64.1 cm³/mol. The quantitative estimate of drug-likeness (QED) is 0.433. The molecule has 0 aliphatic rings. The van der Waals surface area contributed by atoms with Crippen molar-refractivity contribution in [2.75, 3.05) is 6.61 Å². The van der Waals surface area contributed by atoms with Gasteiger partial charge in [0.2, 0.25) is 0 Å². The third-order valence-electron chi connectivity index (χ3n) is 2.12. The number of ether oxygens (including phenoxy) is 1. The Labute approximate surface area is 96.8 Å². The molecular formula is C10H19N3O2Si. The summed E-state index contributed by atoms with van der Waals surface area (Å²) in [4.78, 5) is 11.0. The fraction of sp³-hybridized carbons (Fsp3) is 0.700. The summed E-state index contributed by atoms with van der Waals surface area (Å²) in [7, 11) is -1.03. The Balaban J connectivity index is 2.30. The van der Waals surface area contributed by atoms with Crippen LogP contribution in [0.15, 0.2) is 6.20 Å². The minimum absolute atomic E-state index is 0.0756. The van der Waals surface area contributed by atoms with Gasteiger partial charge >= 0.3 is 0 Å². The highest BCUT2D eigenvalue weighted by molar-refractivity contribution is 6.76. The highest BCUT2D eigenvalue weighted by atomic mass is 28.3. The Kier molecular flexibility index (Phi) is 4.37. The molecule has 0 aliphatic carbocycles. The molecule has 5 nitrogen and oxygen atoms in total. The van der Waals surface area contributed by atoms with Crippen molar-refractivity contribution in [3.63, 3.8) is 0 Å². The topological polar surface area (TPSA) is 57.0 Å². The Morgan fingerprint density at radius 3 is 2.69 bits per heavy atom. The SMILES string of the molecule is CC(=O)c1cn(COCC[Si](C)(C)C)nn1. The molecule has 90 valence electrons. The summed E-state index contributed by atoms with van der Waals surface area (Å²) in [6.45, 7) is 9.50. The van der Waals surface area contributed by atoms with Crippen molar-refractivity contribution >= 4 is 13.9 Å². The van der Waals surface area contributed by atoms with Crippen LogP contribution in [0.25, 0.3) is 0 Å². The minimum Gasteiger partial charge on any atom is -0.359 e. The van der Waals surface area contributed by atoms with E-state index in [9.17, 15) is 4.79 Å². The number of carbonyl (C=O) groups is 1. The van der Waals surface area contributed by atoms with E-state index in [1.165, 1.54) is 6.92 Å². The van der Waals surface area contributed by atoms with Gasteiger partial charge in [0, 0.05) is 21.6 Å². The molecule has 0 fully saturated rings. The standard InChI is InChI=1S/C10H19N3O2Si/c1-9(14)10-7-13(12-11-10)8-15-5-6-16(2,3)4/h7H,5-6,8H2,1-4H3. The molecule has 0 aliphatic heterocycles. The van der Waals surface area contributed by atoms with Gasteiger partial charge in [-0.2, -0.15) is 0 Å². The third kappa shape index (κ3) is 4.67. The van der Waals surface area contributed by atoms with Crippen molar-refractivity contribution < 1.29 is 9.53 Å². The zero-order valence-electron chi connectivity index (χ0n) is 10.4. The van der Waals surface area contributed by atoms with Gasteiger partial charge in [0.1, 0.15) is 12.4 Å². The molecule has 0 saturated heterocycles. The van der Waals surface area contributed by atoms with E-state index in [1.807, 2.05) is 0 Å². The fourth-order valence-corrected chi connectivity index (χ4v) is 1.82. The van der Waals surface area contributed by atoms with Gasteiger partial charge in [-0.05, 0) is 6.04 Å². The van der Waals surface area contributed by atoms with Gasteiger partial charge in [-0.3, -0.25) is 4.79 Å². The highest BCUT2D eigenvalue weighted by Gasteiger charge is 2.12. The number of hydrogen-bond acceptors (Lipinski definition) is 4. The van der Waals surface area contributed by atoms with Crippen molar-refractivity contribution in [2.45, 2.75) is 39.3 Å². The second-order valence-corrected chi connectivity index (χ2v) is 10.7. The molecule has 0 spiro atoms.